The molecule has 4 rings (SSSR count). The molecule has 1 aliphatic heterocycles. The number of para-hydroxylation sites is 1. The molecule has 0 saturated carbocycles. The Morgan fingerprint density at radius 2 is 1.75 bits per heavy atom. The molecule has 1 amide bonds. The van der Waals surface area contributed by atoms with Crippen LogP contribution in [0.4, 0.5) is 4.39 Å². The van der Waals surface area contributed by atoms with Gasteiger partial charge in [-0.3, -0.25) is 4.79 Å². The molecule has 2 heterocycles. The molecular weight excluding hydrogens is 415 g/mol. The molecule has 9 heteroatoms. The van der Waals surface area contributed by atoms with E-state index < -0.39 is 17.5 Å². The molecule has 1 saturated heterocycles. The molecular formula is C23H23FN4O4. The van der Waals surface area contributed by atoms with Crippen LogP contribution >= 0.6 is 0 Å². The van der Waals surface area contributed by atoms with Crippen molar-refractivity contribution in [3.63, 3.8) is 0 Å². The number of hydrogen-bond donors (Lipinski definition) is 1. The van der Waals surface area contributed by atoms with Crippen LogP contribution in [-0.4, -0.2) is 51.7 Å². The highest BCUT2D eigenvalue weighted by molar-refractivity contribution is 6.05. The highest BCUT2D eigenvalue weighted by Crippen LogP contribution is 2.24. The molecule has 0 unspecified atom stereocenters. The topological polar surface area (TPSA) is 97.3 Å². The molecule has 0 atom stereocenters. The lowest BCUT2D eigenvalue weighted by Gasteiger charge is -2.32. The number of halogens is 1. The molecule has 8 nitrogen and oxygen atoms in total. The largest absolute Gasteiger partial charge is 0.465 e. The number of esters is 1. The lowest BCUT2D eigenvalue weighted by atomic mass is 9.92. The van der Waals surface area contributed by atoms with Crippen LogP contribution < -0.4 is 5.69 Å². The van der Waals surface area contributed by atoms with Gasteiger partial charge in [-0.2, -0.15) is 5.10 Å². The van der Waals surface area contributed by atoms with E-state index in [2.05, 4.69) is 10.2 Å². The predicted molar refractivity (Wildman–Crippen MR) is 114 cm³/mol. The van der Waals surface area contributed by atoms with Gasteiger partial charge in [0.1, 0.15) is 11.6 Å². The van der Waals surface area contributed by atoms with Crippen molar-refractivity contribution in [3.8, 4) is 5.69 Å². The number of nitrogens with one attached hydrogen (secondary N) is 1. The van der Waals surface area contributed by atoms with Crippen molar-refractivity contribution in [2.24, 2.45) is 5.92 Å². The monoisotopic (exact) mass is 438 g/mol. The zero-order valence-electron chi connectivity index (χ0n) is 17.6. The minimum Gasteiger partial charge on any atom is -0.465 e. The number of aromatic nitrogens is 3. The van der Waals surface area contributed by atoms with Crippen LogP contribution in [0.15, 0.2) is 53.3 Å². The standard InChI is InChI=1S/C23H23FN4O4/c1-32-22(30)17-7-3-2-6-16(17)21(29)27-12-10-15(11-13-27)14-20-25-26-23(31)28(20)19-9-5-4-8-18(19)24/h2-9,15H,10-14H2,1H3,(H,26,31). The fraction of sp³-hybridized carbons (Fsp3) is 0.304. The molecule has 2 aromatic carbocycles. The third-order valence-corrected chi connectivity index (χ3v) is 5.77. The van der Waals surface area contributed by atoms with Crippen LogP contribution in [0.3, 0.4) is 0 Å². The third-order valence-electron chi connectivity index (χ3n) is 5.77. The average Bonchev–Trinajstić information content (AvgIpc) is 3.18. The summed E-state index contributed by atoms with van der Waals surface area (Å²) in [6.45, 7) is 1.01. The van der Waals surface area contributed by atoms with Crippen molar-refractivity contribution in [2.75, 3.05) is 20.2 Å². The van der Waals surface area contributed by atoms with E-state index in [1.54, 1.807) is 41.3 Å². The first kappa shape index (κ1) is 21.5. The summed E-state index contributed by atoms with van der Waals surface area (Å²) >= 11 is 0. The third kappa shape index (κ3) is 4.18. The molecule has 1 aromatic heterocycles. The number of methoxy groups -OCH3 is 1. The Hall–Kier alpha value is -3.75. The SMILES string of the molecule is COC(=O)c1ccccc1C(=O)N1CCC(Cc2n[nH]c(=O)n2-c2ccccc2F)CC1. The number of carbonyl (C=O) groups excluding carboxylic acids is 2. The Morgan fingerprint density at radius 3 is 2.44 bits per heavy atom. The van der Waals surface area contributed by atoms with Gasteiger partial charge < -0.3 is 9.64 Å². The normalized spacial score (nSPS) is 14.4. The van der Waals surface area contributed by atoms with Crippen molar-refractivity contribution < 1.29 is 18.7 Å². The summed E-state index contributed by atoms with van der Waals surface area (Å²) in [6, 6.07) is 12.7. The molecule has 0 spiro atoms. The summed E-state index contributed by atoms with van der Waals surface area (Å²) in [5.41, 5.74) is 0.233. The number of hydrogen-bond acceptors (Lipinski definition) is 5. The fourth-order valence-corrected chi connectivity index (χ4v) is 4.07. The number of carbonyl (C=O) groups is 2. The molecule has 32 heavy (non-hydrogen) atoms. The van der Waals surface area contributed by atoms with Crippen molar-refractivity contribution in [3.05, 3.63) is 81.8 Å². The molecule has 0 aliphatic carbocycles. The van der Waals surface area contributed by atoms with E-state index in [0.29, 0.717) is 43.7 Å². The first-order valence-electron chi connectivity index (χ1n) is 10.4. The Labute approximate surface area is 183 Å². The quantitative estimate of drug-likeness (QED) is 0.618. The molecule has 1 aliphatic rings. The maximum atomic E-state index is 14.2. The van der Waals surface area contributed by atoms with E-state index in [9.17, 15) is 18.8 Å². The highest BCUT2D eigenvalue weighted by Gasteiger charge is 2.28. The minimum atomic E-state index is -0.548. The van der Waals surface area contributed by atoms with E-state index in [1.165, 1.54) is 23.8 Å². The van der Waals surface area contributed by atoms with Gasteiger partial charge in [0, 0.05) is 19.5 Å². The molecule has 1 N–H and O–H groups in total. The van der Waals surface area contributed by atoms with Gasteiger partial charge in [-0.15, -0.1) is 0 Å². The predicted octanol–water partition coefficient (Wildman–Crippen LogP) is 2.58. The van der Waals surface area contributed by atoms with Gasteiger partial charge in [0.15, 0.2) is 0 Å². The number of benzene rings is 2. The van der Waals surface area contributed by atoms with E-state index in [0.717, 1.165) is 0 Å². The molecule has 0 radical (unpaired) electrons. The number of H-pyrrole nitrogens is 1. The number of aromatic amines is 1. The maximum absolute atomic E-state index is 14.2. The fourth-order valence-electron chi connectivity index (χ4n) is 4.07. The van der Waals surface area contributed by atoms with Crippen molar-refractivity contribution in [1.82, 2.24) is 19.7 Å². The van der Waals surface area contributed by atoms with Gasteiger partial charge in [0.2, 0.25) is 0 Å². The van der Waals surface area contributed by atoms with Crippen LogP contribution in [0.25, 0.3) is 5.69 Å². The summed E-state index contributed by atoms with van der Waals surface area (Å²) < 4.78 is 20.3. The average molecular weight is 438 g/mol. The van der Waals surface area contributed by atoms with Gasteiger partial charge in [0.25, 0.3) is 5.91 Å². The maximum Gasteiger partial charge on any atom is 0.348 e. The number of ether oxygens (including phenoxy) is 1. The second-order valence-corrected chi connectivity index (χ2v) is 7.71. The summed E-state index contributed by atoms with van der Waals surface area (Å²) in [5.74, 6) is -0.626. The number of rotatable bonds is 5. The van der Waals surface area contributed by atoms with Crippen LogP contribution in [0.2, 0.25) is 0 Å². The zero-order chi connectivity index (χ0) is 22.7. The van der Waals surface area contributed by atoms with Crippen molar-refractivity contribution in [1.29, 1.82) is 0 Å². The second kappa shape index (κ2) is 9.17. The van der Waals surface area contributed by atoms with Crippen molar-refractivity contribution in [2.45, 2.75) is 19.3 Å². The summed E-state index contributed by atoms with van der Waals surface area (Å²) in [6.07, 6.45) is 1.88. The summed E-state index contributed by atoms with van der Waals surface area (Å²) in [4.78, 5) is 38.9. The van der Waals surface area contributed by atoms with E-state index in [4.69, 9.17) is 4.74 Å². The van der Waals surface area contributed by atoms with E-state index >= 15 is 0 Å². The minimum absolute atomic E-state index is 0.160. The van der Waals surface area contributed by atoms with Gasteiger partial charge in [-0.25, -0.2) is 23.6 Å². The second-order valence-electron chi connectivity index (χ2n) is 7.71. The molecule has 166 valence electrons. The van der Waals surface area contributed by atoms with Gasteiger partial charge in [0.05, 0.1) is 23.9 Å². The Morgan fingerprint density at radius 1 is 1.09 bits per heavy atom. The molecule has 3 aromatic rings. The number of nitrogens with zero attached hydrogens (tertiary/aromatic N) is 3. The lowest BCUT2D eigenvalue weighted by molar-refractivity contribution is 0.0583. The van der Waals surface area contributed by atoms with E-state index in [-0.39, 0.29) is 23.1 Å². The van der Waals surface area contributed by atoms with Crippen molar-refractivity contribution >= 4 is 11.9 Å². The van der Waals surface area contributed by atoms with Gasteiger partial charge in [-0.05, 0) is 43.0 Å². The van der Waals surface area contributed by atoms with Gasteiger partial charge in [-0.1, -0.05) is 24.3 Å². The molecule has 0 bridgehead atoms. The number of piperidine rings is 1. The first-order valence-corrected chi connectivity index (χ1v) is 10.4. The summed E-state index contributed by atoms with van der Waals surface area (Å²) in [5, 5.41) is 6.50. The Bertz CT molecular complexity index is 1190. The number of amides is 1. The van der Waals surface area contributed by atoms with E-state index in [1.807, 2.05) is 0 Å². The summed E-state index contributed by atoms with van der Waals surface area (Å²) in [7, 11) is 1.28. The zero-order valence-corrected chi connectivity index (χ0v) is 17.6. The number of likely N-dealkylation sites (tertiary alicyclic amines) is 1. The van der Waals surface area contributed by atoms with Crippen LogP contribution in [0.1, 0.15) is 39.4 Å². The van der Waals surface area contributed by atoms with Crippen LogP contribution in [-0.2, 0) is 11.2 Å². The van der Waals surface area contributed by atoms with Crippen LogP contribution in [0, 0.1) is 11.7 Å². The Balaban J connectivity index is 1.45. The lowest BCUT2D eigenvalue weighted by Crippen LogP contribution is -2.39. The Kier molecular flexibility index (Phi) is 6.16. The smallest absolute Gasteiger partial charge is 0.348 e. The van der Waals surface area contributed by atoms with Crippen LogP contribution in [0.5, 0.6) is 0 Å². The first-order chi connectivity index (χ1) is 15.5. The highest BCUT2D eigenvalue weighted by atomic mass is 19.1. The van der Waals surface area contributed by atoms with Gasteiger partial charge >= 0.3 is 11.7 Å². The molecule has 1 fully saturated rings.